The average Bonchev–Trinajstić information content (AvgIpc) is 2.97. The summed E-state index contributed by atoms with van der Waals surface area (Å²) in [6.45, 7) is 3.60. The fourth-order valence-corrected chi connectivity index (χ4v) is 4.13. The normalized spacial score (nSPS) is 25.5. The van der Waals surface area contributed by atoms with Gasteiger partial charge in [0.05, 0.1) is 20.2 Å². The first kappa shape index (κ1) is 14.5. The highest BCUT2D eigenvalue weighted by Gasteiger charge is 2.39. The lowest BCUT2D eigenvalue weighted by atomic mass is 9.74. The first-order valence-corrected chi connectivity index (χ1v) is 8.54. The van der Waals surface area contributed by atoms with Crippen LogP contribution in [0.4, 0.5) is 0 Å². The van der Waals surface area contributed by atoms with Crippen LogP contribution in [0.25, 0.3) is 6.08 Å². The van der Waals surface area contributed by atoms with Gasteiger partial charge in [0, 0.05) is 23.8 Å². The van der Waals surface area contributed by atoms with E-state index in [0.29, 0.717) is 5.41 Å². The number of likely N-dealkylation sites (tertiary alicyclic amines) is 1. The lowest BCUT2D eigenvalue weighted by Gasteiger charge is -2.37. The zero-order chi connectivity index (χ0) is 15.7. The molecule has 1 fully saturated rings. The minimum atomic E-state index is 0.306. The molecule has 0 aromatic heterocycles. The van der Waals surface area contributed by atoms with Gasteiger partial charge in [0.2, 0.25) is 0 Å². The Kier molecular flexibility index (Phi) is 3.70. The number of benzene rings is 2. The summed E-state index contributed by atoms with van der Waals surface area (Å²) in [6.07, 6.45) is 7.30. The van der Waals surface area contributed by atoms with Crippen LogP contribution in [0.2, 0.25) is 0 Å². The number of allylic oxidation sites excluding steroid dienone is 1. The predicted octanol–water partition coefficient (Wildman–Crippen LogP) is 2.84. The number of hydrogen-bond acceptors (Lipinski definition) is 1. The third-order valence-corrected chi connectivity index (χ3v) is 5.54. The Morgan fingerprint density at radius 1 is 1.00 bits per heavy atom. The predicted molar refractivity (Wildman–Crippen MR) is 93.8 cm³/mol. The number of nitrogens with one attached hydrogen (secondary N) is 1. The molecule has 1 aliphatic carbocycles. The van der Waals surface area contributed by atoms with Crippen molar-refractivity contribution in [3.8, 4) is 5.75 Å². The molecule has 1 saturated heterocycles. The number of hydrogen-bond donors (Lipinski definition) is 1. The summed E-state index contributed by atoms with van der Waals surface area (Å²) in [7, 11) is 1.72. The van der Waals surface area contributed by atoms with Crippen molar-refractivity contribution in [2.24, 2.45) is 0 Å². The minimum absolute atomic E-state index is 0.306. The fraction of sp³-hybridized carbons (Fsp3) is 0.333. The summed E-state index contributed by atoms with van der Waals surface area (Å²) in [6, 6.07) is 17.4. The van der Waals surface area contributed by atoms with E-state index in [1.165, 1.54) is 37.1 Å². The summed E-state index contributed by atoms with van der Waals surface area (Å²) >= 11 is 0. The Morgan fingerprint density at radius 3 is 2.48 bits per heavy atom. The van der Waals surface area contributed by atoms with E-state index in [9.17, 15) is 0 Å². The van der Waals surface area contributed by atoms with Gasteiger partial charge >= 0.3 is 0 Å². The molecule has 0 unspecified atom stereocenters. The third kappa shape index (κ3) is 2.68. The number of rotatable bonds is 3. The van der Waals surface area contributed by atoms with E-state index in [1.807, 2.05) is 0 Å². The quantitative estimate of drug-likeness (QED) is 0.920. The number of fused-ring (bicyclic) bond motifs is 2. The maximum Gasteiger partial charge on any atom is 0.118 e. The van der Waals surface area contributed by atoms with Gasteiger partial charge in [0.15, 0.2) is 0 Å². The SMILES string of the molecule is COc1ccc(C[NH+]2CCC3(C=Cc4ccccc43)CC2)cc1. The Labute approximate surface area is 138 Å². The van der Waals surface area contributed by atoms with Gasteiger partial charge in [-0.1, -0.05) is 36.4 Å². The molecule has 1 N–H and O–H groups in total. The van der Waals surface area contributed by atoms with E-state index in [0.717, 1.165) is 12.3 Å². The van der Waals surface area contributed by atoms with Gasteiger partial charge in [0.1, 0.15) is 12.3 Å². The second-order valence-electron chi connectivity index (χ2n) is 6.85. The van der Waals surface area contributed by atoms with Gasteiger partial charge in [-0.05, 0) is 35.4 Å². The molecular weight excluding hydrogens is 282 g/mol. The fourth-order valence-electron chi connectivity index (χ4n) is 4.13. The molecule has 23 heavy (non-hydrogen) atoms. The third-order valence-electron chi connectivity index (χ3n) is 5.54. The van der Waals surface area contributed by atoms with E-state index in [1.54, 1.807) is 17.6 Å². The van der Waals surface area contributed by atoms with Crippen LogP contribution in [0, 0.1) is 0 Å². The van der Waals surface area contributed by atoms with E-state index in [-0.39, 0.29) is 0 Å². The number of quaternary nitrogens is 1. The average molecular weight is 306 g/mol. The summed E-state index contributed by atoms with van der Waals surface area (Å²) in [5.74, 6) is 0.939. The van der Waals surface area contributed by atoms with Crippen molar-refractivity contribution >= 4 is 6.08 Å². The highest BCUT2D eigenvalue weighted by atomic mass is 16.5. The van der Waals surface area contributed by atoms with Gasteiger partial charge in [-0.15, -0.1) is 0 Å². The first-order valence-electron chi connectivity index (χ1n) is 8.54. The summed E-state index contributed by atoms with van der Waals surface area (Å²) < 4.78 is 5.24. The molecule has 0 radical (unpaired) electrons. The maximum atomic E-state index is 5.24. The molecule has 0 bridgehead atoms. The molecule has 2 aliphatic rings. The smallest absolute Gasteiger partial charge is 0.118 e. The van der Waals surface area contributed by atoms with Gasteiger partial charge in [-0.2, -0.15) is 0 Å². The molecule has 2 aromatic carbocycles. The molecule has 2 heteroatoms. The van der Waals surface area contributed by atoms with Crippen LogP contribution in [-0.2, 0) is 12.0 Å². The molecule has 2 nitrogen and oxygen atoms in total. The van der Waals surface area contributed by atoms with Gasteiger partial charge < -0.3 is 9.64 Å². The zero-order valence-electron chi connectivity index (χ0n) is 13.7. The van der Waals surface area contributed by atoms with Crippen molar-refractivity contribution in [1.29, 1.82) is 0 Å². The summed E-state index contributed by atoms with van der Waals surface area (Å²) in [5, 5.41) is 0. The van der Waals surface area contributed by atoms with Crippen molar-refractivity contribution < 1.29 is 9.64 Å². The molecule has 0 saturated carbocycles. The standard InChI is InChI=1S/C21H23NO/c1-23-19-8-6-17(7-9-19)16-22-14-12-21(13-15-22)11-10-18-4-2-3-5-20(18)21/h2-11H,12-16H2,1H3/p+1. The lowest BCUT2D eigenvalue weighted by molar-refractivity contribution is -0.919. The van der Waals surface area contributed by atoms with Crippen molar-refractivity contribution in [3.63, 3.8) is 0 Å². The molecule has 0 amide bonds. The van der Waals surface area contributed by atoms with Crippen molar-refractivity contribution in [2.75, 3.05) is 20.2 Å². The Balaban J connectivity index is 1.42. The molecule has 4 rings (SSSR count). The summed E-state index contributed by atoms with van der Waals surface area (Å²) in [5.41, 5.74) is 4.67. The zero-order valence-corrected chi connectivity index (χ0v) is 13.7. The van der Waals surface area contributed by atoms with Crippen LogP contribution >= 0.6 is 0 Å². The largest absolute Gasteiger partial charge is 0.497 e. The van der Waals surface area contributed by atoms with Crippen LogP contribution in [0.3, 0.4) is 0 Å². The molecular formula is C21H24NO+. The van der Waals surface area contributed by atoms with Crippen LogP contribution < -0.4 is 9.64 Å². The highest BCUT2D eigenvalue weighted by Crippen LogP contribution is 2.41. The van der Waals surface area contributed by atoms with Crippen LogP contribution in [0.15, 0.2) is 54.6 Å². The molecule has 118 valence electrons. The van der Waals surface area contributed by atoms with Crippen molar-refractivity contribution in [3.05, 3.63) is 71.3 Å². The van der Waals surface area contributed by atoms with Gasteiger partial charge in [0.25, 0.3) is 0 Å². The van der Waals surface area contributed by atoms with Crippen molar-refractivity contribution in [2.45, 2.75) is 24.8 Å². The van der Waals surface area contributed by atoms with Crippen LogP contribution in [0.5, 0.6) is 5.75 Å². The second kappa shape index (κ2) is 5.86. The summed E-state index contributed by atoms with van der Waals surface area (Å²) in [4.78, 5) is 1.69. The highest BCUT2D eigenvalue weighted by molar-refractivity contribution is 5.65. The molecule has 2 aromatic rings. The second-order valence-corrected chi connectivity index (χ2v) is 6.85. The number of ether oxygens (including phenoxy) is 1. The van der Waals surface area contributed by atoms with Crippen LogP contribution in [0.1, 0.15) is 29.5 Å². The van der Waals surface area contributed by atoms with Crippen LogP contribution in [-0.4, -0.2) is 20.2 Å². The van der Waals surface area contributed by atoms with E-state index >= 15 is 0 Å². The monoisotopic (exact) mass is 306 g/mol. The van der Waals surface area contributed by atoms with Crippen molar-refractivity contribution in [1.82, 2.24) is 0 Å². The van der Waals surface area contributed by atoms with E-state index in [2.05, 4.69) is 60.7 Å². The lowest BCUT2D eigenvalue weighted by Crippen LogP contribution is -3.12. The Hall–Kier alpha value is -2.06. The minimum Gasteiger partial charge on any atom is -0.497 e. The van der Waals surface area contributed by atoms with E-state index in [4.69, 9.17) is 4.74 Å². The van der Waals surface area contributed by atoms with E-state index < -0.39 is 0 Å². The molecule has 0 atom stereocenters. The Morgan fingerprint density at radius 2 is 1.74 bits per heavy atom. The number of piperidine rings is 1. The molecule has 1 spiro atoms. The Bertz CT molecular complexity index is 709. The first-order chi connectivity index (χ1) is 11.3. The van der Waals surface area contributed by atoms with Gasteiger partial charge in [-0.3, -0.25) is 0 Å². The molecule has 1 aliphatic heterocycles. The molecule has 1 heterocycles. The maximum absolute atomic E-state index is 5.24. The van der Waals surface area contributed by atoms with Gasteiger partial charge in [-0.25, -0.2) is 0 Å². The number of methoxy groups -OCH3 is 1. The topological polar surface area (TPSA) is 13.7 Å².